The van der Waals surface area contributed by atoms with Crippen LogP contribution in [0, 0.1) is 30.7 Å². The normalized spacial score (nSPS) is 12.7. The van der Waals surface area contributed by atoms with Crippen molar-refractivity contribution in [3.05, 3.63) is 88.6 Å². The topological polar surface area (TPSA) is 63.3 Å². The van der Waals surface area contributed by atoms with Gasteiger partial charge in [-0.15, -0.1) is 40.5 Å². The van der Waals surface area contributed by atoms with Crippen molar-refractivity contribution in [1.29, 1.82) is 0 Å². The van der Waals surface area contributed by atoms with Gasteiger partial charge in [0.05, 0.1) is 0 Å². The van der Waals surface area contributed by atoms with Crippen LogP contribution < -0.4 is 0 Å². The first-order valence-corrected chi connectivity index (χ1v) is 18.5. The molecule has 0 aliphatic carbocycles. The molecule has 3 aromatic heterocycles. The van der Waals surface area contributed by atoms with Gasteiger partial charge in [0, 0.05) is 69.3 Å². The largest absolute Gasteiger partial charge is 0.512 e. The molecule has 0 atom stereocenters. The van der Waals surface area contributed by atoms with Crippen molar-refractivity contribution in [3.8, 4) is 11.3 Å². The van der Waals surface area contributed by atoms with E-state index in [1.807, 2.05) is 59.1 Å². The summed E-state index contributed by atoms with van der Waals surface area (Å²) in [6.07, 6.45) is 6.64. The first-order valence-electron chi connectivity index (χ1n) is 17.7. The van der Waals surface area contributed by atoms with Gasteiger partial charge in [0.25, 0.3) is 0 Å². The van der Waals surface area contributed by atoms with E-state index in [0.717, 1.165) is 64.3 Å². The molecule has 3 aromatic carbocycles. The number of hydrogen-bond acceptors (Lipinski definition) is 5. The molecule has 0 spiro atoms. The third-order valence-electron chi connectivity index (χ3n) is 11.1. The number of aliphatic hydroxyl groups is 1. The van der Waals surface area contributed by atoms with Crippen molar-refractivity contribution < 1.29 is 34.4 Å². The smallest absolute Gasteiger partial charge is 0.164 e. The Balaban J connectivity index is 0.000000269. The van der Waals surface area contributed by atoms with Gasteiger partial charge in [0.15, 0.2) is 5.78 Å². The molecule has 0 saturated heterocycles. The van der Waals surface area contributed by atoms with Crippen LogP contribution in [0.25, 0.3) is 54.1 Å². The number of rotatable bonds is 8. The molecule has 6 aromatic rings. The number of aliphatic hydroxyl groups excluding tert-OH is 1. The van der Waals surface area contributed by atoms with Gasteiger partial charge in [-0.3, -0.25) is 9.78 Å². The molecule has 0 saturated carbocycles. The monoisotopic (exact) mass is 867 g/mol. The van der Waals surface area contributed by atoms with Crippen molar-refractivity contribution in [2.24, 2.45) is 10.8 Å². The Labute approximate surface area is 315 Å². The van der Waals surface area contributed by atoms with Crippen molar-refractivity contribution >= 4 is 59.9 Å². The molecule has 0 fully saturated rings. The number of carbonyl (C=O) groups excluding carboxylic acids is 1. The Morgan fingerprint density at radius 2 is 1.50 bits per heavy atom. The minimum absolute atomic E-state index is 0. The second-order valence-electron chi connectivity index (χ2n) is 15.1. The molecule has 267 valence electrons. The van der Waals surface area contributed by atoms with Crippen LogP contribution in [0.4, 0.5) is 0 Å². The summed E-state index contributed by atoms with van der Waals surface area (Å²) in [5.74, 6) is 0.286. The molecule has 0 aliphatic rings. The van der Waals surface area contributed by atoms with Gasteiger partial charge in [-0.05, 0) is 74.1 Å². The van der Waals surface area contributed by atoms with E-state index >= 15 is 0 Å². The zero-order chi connectivity index (χ0) is 35.9. The van der Waals surface area contributed by atoms with Gasteiger partial charge in [-0.25, -0.2) is 0 Å². The molecule has 6 rings (SSSR count). The van der Waals surface area contributed by atoms with Crippen molar-refractivity contribution in [1.82, 2.24) is 4.98 Å². The first-order chi connectivity index (χ1) is 23.1. The third-order valence-corrected chi connectivity index (χ3v) is 12.3. The number of aryl methyl sites for hydroxylation is 2. The van der Waals surface area contributed by atoms with Gasteiger partial charge in [-0.2, -0.15) is 0 Å². The summed E-state index contributed by atoms with van der Waals surface area (Å²) in [7, 11) is 0. The van der Waals surface area contributed by atoms with E-state index < -0.39 is 0 Å². The summed E-state index contributed by atoms with van der Waals surface area (Å²) < 4.78 is 7.78. The van der Waals surface area contributed by atoms with Crippen molar-refractivity contribution in [2.75, 3.05) is 0 Å². The van der Waals surface area contributed by atoms with Crippen molar-refractivity contribution in [3.63, 3.8) is 0 Å². The van der Waals surface area contributed by atoms with Crippen LogP contribution in [0.2, 0.25) is 0 Å². The van der Waals surface area contributed by atoms with Crippen LogP contribution in [0.1, 0.15) is 104 Å². The van der Waals surface area contributed by atoms with Crippen LogP contribution in [-0.2, 0) is 30.3 Å². The first kappa shape index (κ1) is 39.5. The predicted octanol–water partition coefficient (Wildman–Crippen LogP) is 13.4. The van der Waals surface area contributed by atoms with Crippen LogP contribution in [0.5, 0.6) is 0 Å². The minimum Gasteiger partial charge on any atom is -0.512 e. The Morgan fingerprint density at radius 3 is 2.12 bits per heavy atom. The van der Waals surface area contributed by atoms with E-state index in [-0.39, 0.29) is 47.9 Å². The Kier molecular flexibility index (Phi) is 11.9. The summed E-state index contributed by atoms with van der Waals surface area (Å²) in [6.45, 7) is 23.2. The molecule has 0 amide bonds. The number of furan rings is 1. The van der Waals surface area contributed by atoms with Crippen LogP contribution in [0.3, 0.4) is 0 Å². The number of allylic oxidation sites excluding steroid dienone is 2. The summed E-state index contributed by atoms with van der Waals surface area (Å²) in [5, 5.41) is 16.0. The fourth-order valence-electron chi connectivity index (χ4n) is 6.39. The number of hydrogen-bond donors (Lipinski definition) is 1. The third kappa shape index (κ3) is 7.36. The number of carbonyl (C=O) groups is 1. The zero-order valence-corrected chi connectivity index (χ0v) is 34.8. The SMILES string of the molecule is CCC(C)(CC)C(=O)/C=C(\O)C(C)(CC)CC.Cc1sc2cc3c(cc2c1C)oc1c(-c2[c-]c4ccccc4c(C(C)(C)C)c2)nccc13.[Ir]. The van der Waals surface area contributed by atoms with Gasteiger partial charge < -0.3 is 9.52 Å². The molecule has 1 N–H and O–H groups in total. The van der Waals surface area contributed by atoms with Crippen molar-refractivity contribution in [2.45, 2.75) is 107 Å². The van der Waals surface area contributed by atoms with E-state index in [9.17, 15) is 9.90 Å². The number of thiophene rings is 1. The second kappa shape index (κ2) is 15.1. The Morgan fingerprint density at radius 1 is 0.860 bits per heavy atom. The van der Waals surface area contributed by atoms with Gasteiger partial charge >= 0.3 is 0 Å². The maximum Gasteiger partial charge on any atom is 0.164 e. The standard InChI is InChI=1S/C29H24NOS.C15H28O2.Ir/c1-16-17(2)32-26-15-23-21-10-11-30-27(28(21)31-25(23)14-22(16)26)19-12-18-8-6-7-9-20(18)24(13-19)29(3,4)5;1-7-14(5,8-2)12(16)11-13(17)15(6,9-3)10-4;/h6-11,13-15H,1-5H3;11,16H,7-10H2,1-6H3;/q-1;;/b;12-11-;. The van der Waals surface area contributed by atoms with E-state index in [0.29, 0.717) is 0 Å². The number of aromatic nitrogens is 1. The summed E-state index contributed by atoms with van der Waals surface area (Å²) in [4.78, 5) is 18.3. The molecule has 0 bridgehead atoms. The summed E-state index contributed by atoms with van der Waals surface area (Å²) in [6, 6.07) is 20.9. The number of fused-ring (bicyclic) bond motifs is 5. The minimum atomic E-state index is -0.337. The molecule has 50 heavy (non-hydrogen) atoms. The number of benzene rings is 3. The summed E-state index contributed by atoms with van der Waals surface area (Å²) >= 11 is 1.85. The second-order valence-corrected chi connectivity index (χ2v) is 16.3. The number of pyridine rings is 1. The maximum absolute atomic E-state index is 12.2. The average Bonchev–Trinajstić information content (AvgIpc) is 3.60. The molecule has 6 heteroatoms. The molecule has 1 radical (unpaired) electrons. The number of ketones is 1. The molecule has 4 nitrogen and oxygen atoms in total. The quantitative estimate of drug-likeness (QED) is 0.0940. The van der Waals surface area contributed by atoms with Crippen LogP contribution >= 0.6 is 11.3 Å². The summed E-state index contributed by atoms with van der Waals surface area (Å²) in [5.41, 5.74) is 5.62. The predicted molar refractivity (Wildman–Crippen MR) is 210 cm³/mol. The average molecular weight is 867 g/mol. The van der Waals surface area contributed by atoms with E-state index in [4.69, 9.17) is 9.40 Å². The van der Waals surface area contributed by atoms with E-state index in [2.05, 4.69) is 89.2 Å². The fourth-order valence-corrected chi connectivity index (χ4v) is 7.48. The molecule has 0 aliphatic heterocycles. The molecule has 3 heterocycles. The van der Waals surface area contributed by atoms with Crippen LogP contribution in [-0.4, -0.2) is 15.9 Å². The molecular formula is C44H52IrNO3S-. The van der Waals surface area contributed by atoms with E-state index in [1.54, 1.807) is 0 Å². The maximum atomic E-state index is 12.2. The van der Waals surface area contributed by atoms with Gasteiger partial charge in [-0.1, -0.05) is 91.5 Å². The molecular weight excluding hydrogens is 815 g/mol. The zero-order valence-electron chi connectivity index (χ0n) is 31.6. The van der Waals surface area contributed by atoms with Gasteiger partial charge in [0.2, 0.25) is 0 Å². The fraction of sp³-hybridized carbons (Fsp3) is 0.409. The van der Waals surface area contributed by atoms with Gasteiger partial charge in [0.1, 0.15) is 16.9 Å². The molecule has 0 unspecified atom stereocenters. The van der Waals surface area contributed by atoms with Crippen LogP contribution in [0.15, 0.2) is 71.0 Å². The van der Waals surface area contributed by atoms with E-state index in [1.165, 1.54) is 37.6 Å². The Bertz CT molecular complexity index is 2190. The Hall–Kier alpha value is -3.31. The number of nitrogens with zero attached hydrogens (tertiary/aromatic N) is 1.